The molecule has 0 aliphatic rings. The third-order valence-corrected chi connectivity index (χ3v) is 3.18. The van der Waals surface area contributed by atoms with Gasteiger partial charge >= 0.3 is 11.9 Å². The van der Waals surface area contributed by atoms with Gasteiger partial charge in [-0.3, -0.25) is 0 Å². The van der Waals surface area contributed by atoms with E-state index in [2.05, 4.69) is 0 Å². The maximum atomic E-state index is 13.6. The molecule has 4 nitrogen and oxygen atoms in total. The van der Waals surface area contributed by atoms with Gasteiger partial charge in [0.2, 0.25) is 0 Å². The van der Waals surface area contributed by atoms with Crippen molar-refractivity contribution in [1.29, 1.82) is 0 Å². The van der Waals surface area contributed by atoms with Crippen LogP contribution in [-0.2, 0) is 4.79 Å². The molecule has 0 aliphatic heterocycles. The van der Waals surface area contributed by atoms with Gasteiger partial charge in [-0.15, -0.1) is 0 Å². The monoisotopic (exact) mass is 300 g/mol. The van der Waals surface area contributed by atoms with E-state index >= 15 is 0 Å². The number of rotatable bonds is 4. The lowest BCUT2D eigenvalue weighted by atomic mass is 10.0. The average Bonchev–Trinajstić information content (AvgIpc) is 2.48. The molecule has 0 bridgehead atoms. The molecule has 2 aromatic carbocycles. The first-order valence-corrected chi connectivity index (χ1v) is 6.43. The van der Waals surface area contributed by atoms with Gasteiger partial charge in [-0.1, -0.05) is 24.3 Å². The maximum absolute atomic E-state index is 13.6. The number of carboxylic acid groups (broad SMARTS) is 2. The predicted octanol–water partition coefficient (Wildman–Crippen LogP) is 3.46. The normalized spacial score (nSPS) is 11.3. The Hall–Kier alpha value is -2.95. The first-order valence-electron chi connectivity index (χ1n) is 6.43. The van der Waals surface area contributed by atoms with Crippen LogP contribution < -0.4 is 0 Å². The second kappa shape index (κ2) is 6.22. The Morgan fingerprint density at radius 3 is 2.09 bits per heavy atom. The number of aliphatic carboxylic acids is 1. The van der Waals surface area contributed by atoms with E-state index in [1.807, 2.05) is 0 Å². The molecule has 0 fully saturated rings. The Kier molecular flexibility index (Phi) is 4.36. The van der Waals surface area contributed by atoms with Crippen LogP contribution in [0.25, 0.3) is 11.6 Å². The fraction of sp³-hybridized carbons (Fsp3) is 0.0588. The Labute approximate surface area is 126 Å². The highest BCUT2D eigenvalue weighted by molar-refractivity contribution is 6.20. The van der Waals surface area contributed by atoms with Crippen LogP contribution in [0.2, 0.25) is 0 Å². The molecule has 2 rings (SSSR count). The largest absolute Gasteiger partial charge is 0.478 e. The number of benzene rings is 2. The minimum absolute atomic E-state index is 0.0676. The average molecular weight is 300 g/mol. The summed E-state index contributed by atoms with van der Waals surface area (Å²) >= 11 is 0. The molecule has 2 N–H and O–H groups in total. The molecule has 0 amide bonds. The summed E-state index contributed by atoms with van der Waals surface area (Å²) in [4.78, 5) is 22.2. The molecule has 0 atom stereocenters. The summed E-state index contributed by atoms with van der Waals surface area (Å²) in [5, 5.41) is 18.1. The van der Waals surface area contributed by atoms with Crippen molar-refractivity contribution in [3.05, 3.63) is 70.5 Å². The lowest BCUT2D eigenvalue weighted by molar-refractivity contribution is -0.130. The van der Waals surface area contributed by atoms with Crippen molar-refractivity contribution in [3.8, 4) is 0 Å². The molecule has 22 heavy (non-hydrogen) atoms. The van der Waals surface area contributed by atoms with Crippen molar-refractivity contribution < 1.29 is 24.2 Å². The Morgan fingerprint density at radius 1 is 1.00 bits per heavy atom. The highest BCUT2D eigenvalue weighted by Crippen LogP contribution is 2.21. The molecule has 0 radical (unpaired) electrons. The SMILES string of the molecule is Cc1ccc(/C(=C/c2ccc(C(=O)O)cc2)C(=O)O)cc1F. The van der Waals surface area contributed by atoms with Crippen LogP contribution in [0.5, 0.6) is 0 Å². The molecule has 2 aromatic rings. The van der Waals surface area contributed by atoms with Crippen molar-refractivity contribution in [2.75, 3.05) is 0 Å². The molecule has 112 valence electrons. The van der Waals surface area contributed by atoms with Crippen LogP contribution in [0.3, 0.4) is 0 Å². The third kappa shape index (κ3) is 3.38. The second-order valence-electron chi connectivity index (χ2n) is 4.75. The Bertz CT molecular complexity index is 761. The van der Waals surface area contributed by atoms with E-state index in [0.29, 0.717) is 11.1 Å². The van der Waals surface area contributed by atoms with Crippen molar-refractivity contribution in [3.63, 3.8) is 0 Å². The van der Waals surface area contributed by atoms with E-state index in [0.717, 1.165) is 0 Å². The molecule has 0 saturated heterocycles. The summed E-state index contributed by atoms with van der Waals surface area (Å²) < 4.78 is 13.6. The zero-order valence-corrected chi connectivity index (χ0v) is 11.7. The summed E-state index contributed by atoms with van der Waals surface area (Å²) in [7, 11) is 0. The fourth-order valence-corrected chi connectivity index (χ4v) is 1.92. The van der Waals surface area contributed by atoms with Crippen molar-refractivity contribution in [2.24, 2.45) is 0 Å². The van der Waals surface area contributed by atoms with Gasteiger partial charge in [0.25, 0.3) is 0 Å². The Morgan fingerprint density at radius 2 is 1.59 bits per heavy atom. The van der Waals surface area contributed by atoms with Crippen molar-refractivity contribution in [1.82, 2.24) is 0 Å². The van der Waals surface area contributed by atoms with Crippen LogP contribution in [0.15, 0.2) is 42.5 Å². The summed E-state index contributed by atoms with van der Waals surface area (Å²) in [6.45, 7) is 1.59. The lowest BCUT2D eigenvalue weighted by Gasteiger charge is -2.05. The number of carbonyl (C=O) groups is 2. The van der Waals surface area contributed by atoms with E-state index in [1.54, 1.807) is 6.92 Å². The summed E-state index contributed by atoms with van der Waals surface area (Å²) in [6.07, 6.45) is 1.37. The predicted molar refractivity (Wildman–Crippen MR) is 80.0 cm³/mol. The summed E-state index contributed by atoms with van der Waals surface area (Å²) in [5.74, 6) is -2.73. The molecular weight excluding hydrogens is 287 g/mol. The minimum Gasteiger partial charge on any atom is -0.478 e. The van der Waals surface area contributed by atoms with Gasteiger partial charge in [0.15, 0.2) is 0 Å². The molecule has 0 aromatic heterocycles. The number of hydrogen-bond donors (Lipinski definition) is 2. The van der Waals surface area contributed by atoms with Gasteiger partial charge in [0, 0.05) is 0 Å². The van der Waals surface area contributed by atoms with Crippen LogP contribution in [0.4, 0.5) is 4.39 Å². The smallest absolute Gasteiger partial charge is 0.336 e. The van der Waals surface area contributed by atoms with Crippen LogP contribution >= 0.6 is 0 Å². The number of carboxylic acids is 2. The molecule has 5 heteroatoms. The van der Waals surface area contributed by atoms with Gasteiger partial charge in [0.1, 0.15) is 5.82 Å². The zero-order valence-electron chi connectivity index (χ0n) is 11.7. The molecule has 0 heterocycles. The van der Waals surface area contributed by atoms with Gasteiger partial charge in [-0.25, -0.2) is 14.0 Å². The van der Waals surface area contributed by atoms with Crippen molar-refractivity contribution in [2.45, 2.75) is 6.92 Å². The van der Waals surface area contributed by atoms with Gasteiger partial charge in [0.05, 0.1) is 11.1 Å². The van der Waals surface area contributed by atoms with Gasteiger partial charge in [-0.05, 0) is 47.9 Å². The first kappa shape index (κ1) is 15.4. The van der Waals surface area contributed by atoms with E-state index in [1.165, 1.54) is 48.5 Å². The zero-order chi connectivity index (χ0) is 16.3. The van der Waals surface area contributed by atoms with Gasteiger partial charge < -0.3 is 10.2 Å². The number of hydrogen-bond acceptors (Lipinski definition) is 2. The number of aryl methyl sites for hydroxylation is 1. The Balaban J connectivity index is 2.44. The maximum Gasteiger partial charge on any atom is 0.336 e. The lowest BCUT2D eigenvalue weighted by Crippen LogP contribution is -2.01. The molecular formula is C17H13FO4. The van der Waals surface area contributed by atoms with Crippen molar-refractivity contribution >= 4 is 23.6 Å². The van der Waals surface area contributed by atoms with Crippen LogP contribution in [0, 0.1) is 12.7 Å². The second-order valence-corrected chi connectivity index (χ2v) is 4.75. The fourth-order valence-electron chi connectivity index (χ4n) is 1.92. The van der Waals surface area contributed by atoms with E-state index in [9.17, 15) is 19.1 Å². The summed E-state index contributed by atoms with van der Waals surface area (Å²) in [5.41, 5.74) is 1.23. The molecule has 0 aliphatic carbocycles. The molecule has 0 saturated carbocycles. The first-order chi connectivity index (χ1) is 10.4. The quantitative estimate of drug-likeness (QED) is 0.670. The molecule has 0 unspecified atom stereocenters. The van der Waals surface area contributed by atoms with Crippen LogP contribution in [-0.4, -0.2) is 22.2 Å². The third-order valence-electron chi connectivity index (χ3n) is 3.18. The molecule has 0 spiro atoms. The van der Waals surface area contributed by atoms with Crippen LogP contribution in [0.1, 0.15) is 27.0 Å². The number of aromatic carboxylic acids is 1. The highest BCUT2D eigenvalue weighted by atomic mass is 19.1. The van der Waals surface area contributed by atoms with E-state index < -0.39 is 17.8 Å². The number of halogens is 1. The van der Waals surface area contributed by atoms with E-state index in [4.69, 9.17) is 5.11 Å². The highest BCUT2D eigenvalue weighted by Gasteiger charge is 2.12. The standard InChI is InChI=1S/C17H13FO4/c1-10-2-5-13(9-15(10)18)14(17(21)22)8-11-3-6-12(7-4-11)16(19)20/h2-9H,1H3,(H,19,20)(H,21,22)/b14-8-. The minimum atomic E-state index is -1.19. The summed E-state index contributed by atoms with van der Waals surface area (Å²) in [6, 6.07) is 9.96. The van der Waals surface area contributed by atoms with E-state index in [-0.39, 0.29) is 16.7 Å². The topological polar surface area (TPSA) is 74.6 Å². The van der Waals surface area contributed by atoms with Gasteiger partial charge in [-0.2, -0.15) is 0 Å².